The Morgan fingerprint density at radius 1 is 1.04 bits per heavy atom. The SMILES string of the molecule is CC1(C)OB(C(=Cc2ccc(-c3ccccc3)s2)CO)OC1(C)C. The summed E-state index contributed by atoms with van der Waals surface area (Å²) in [5.41, 5.74) is 1.13. The first-order chi connectivity index (χ1) is 11.3. The van der Waals surface area contributed by atoms with E-state index in [1.807, 2.05) is 52.0 Å². The molecule has 1 aliphatic rings. The number of benzene rings is 1. The Morgan fingerprint density at radius 2 is 1.67 bits per heavy atom. The van der Waals surface area contributed by atoms with Crippen LogP contribution in [0, 0.1) is 0 Å². The van der Waals surface area contributed by atoms with Gasteiger partial charge in [0.25, 0.3) is 0 Å². The molecule has 0 radical (unpaired) electrons. The lowest BCUT2D eigenvalue weighted by atomic mass is 9.78. The smallest absolute Gasteiger partial charge is 0.400 e. The predicted molar refractivity (Wildman–Crippen MR) is 101 cm³/mol. The number of aliphatic hydroxyl groups excluding tert-OH is 1. The lowest BCUT2D eigenvalue weighted by Crippen LogP contribution is -2.41. The van der Waals surface area contributed by atoms with E-state index >= 15 is 0 Å². The Morgan fingerprint density at radius 3 is 2.25 bits per heavy atom. The number of thiophene rings is 1. The highest BCUT2D eigenvalue weighted by atomic mass is 32.1. The summed E-state index contributed by atoms with van der Waals surface area (Å²) in [4.78, 5) is 2.28. The van der Waals surface area contributed by atoms with Crippen molar-refractivity contribution in [1.82, 2.24) is 0 Å². The molecule has 2 heterocycles. The van der Waals surface area contributed by atoms with Gasteiger partial charge in [-0.3, -0.25) is 0 Å². The molecule has 0 saturated carbocycles. The van der Waals surface area contributed by atoms with E-state index in [1.54, 1.807) is 11.3 Å². The third-order valence-electron chi connectivity index (χ3n) is 4.75. The van der Waals surface area contributed by atoms with Crippen LogP contribution in [0.25, 0.3) is 16.5 Å². The second kappa shape index (κ2) is 6.49. The average molecular weight is 342 g/mol. The van der Waals surface area contributed by atoms with E-state index in [9.17, 15) is 5.11 Å². The number of rotatable bonds is 4. The molecule has 2 aromatic rings. The van der Waals surface area contributed by atoms with Gasteiger partial charge in [-0.05, 0) is 56.9 Å². The van der Waals surface area contributed by atoms with Crippen molar-refractivity contribution >= 4 is 24.5 Å². The van der Waals surface area contributed by atoms with Crippen LogP contribution in [0.3, 0.4) is 0 Å². The van der Waals surface area contributed by atoms with Gasteiger partial charge >= 0.3 is 7.12 Å². The topological polar surface area (TPSA) is 38.7 Å². The maximum Gasteiger partial charge on any atom is 0.492 e. The van der Waals surface area contributed by atoms with Crippen LogP contribution in [0.15, 0.2) is 47.9 Å². The molecule has 0 amide bonds. The Balaban J connectivity index is 1.84. The van der Waals surface area contributed by atoms with Crippen LogP contribution in [0.1, 0.15) is 32.6 Å². The summed E-state index contributed by atoms with van der Waals surface area (Å²) >= 11 is 1.69. The van der Waals surface area contributed by atoms with Gasteiger partial charge in [0.15, 0.2) is 0 Å². The lowest BCUT2D eigenvalue weighted by molar-refractivity contribution is 0.00578. The Kier molecular flexibility index (Phi) is 4.71. The van der Waals surface area contributed by atoms with Crippen LogP contribution in [0.5, 0.6) is 0 Å². The molecule has 1 N–H and O–H groups in total. The fraction of sp³-hybridized carbons (Fsp3) is 0.368. The summed E-state index contributed by atoms with van der Waals surface area (Å²) < 4.78 is 12.1. The molecule has 0 unspecified atom stereocenters. The molecule has 1 aliphatic heterocycles. The summed E-state index contributed by atoms with van der Waals surface area (Å²) in [5.74, 6) is 0. The third kappa shape index (κ3) is 3.35. The van der Waals surface area contributed by atoms with E-state index in [0.717, 1.165) is 10.3 Å². The maximum atomic E-state index is 9.79. The molecular formula is C19H23BO3S. The van der Waals surface area contributed by atoms with E-state index in [1.165, 1.54) is 10.4 Å². The van der Waals surface area contributed by atoms with Crippen molar-refractivity contribution in [3.05, 3.63) is 52.8 Å². The van der Waals surface area contributed by atoms with Crippen LogP contribution < -0.4 is 0 Å². The largest absolute Gasteiger partial charge is 0.492 e. The summed E-state index contributed by atoms with van der Waals surface area (Å²) in [6.07, 6.45) is 1.97. The van der Waals surface area contributed by atoms with Crippen molar-refractivity contribution in [1.29, 1.82) is 0 Å². The highest BCUT2D eigenvalue weighted by molar-refractivity contribution is 7.16. The number of hydrogen-bond acceptors (Lipinski definition) is 4. The van der Waals surface area contributed by atoms with Crippen LogP contribution in [-0.2, 0) is 9.31 Å². The lowest BCUT2D eigenvalue weighted by Gasteiger charge is -2.32. The van der Waals surface area contributed by atoms with Gasteiger partial charge in [-0.2, -0.15) is 0 Å². The minimum Gasteiger partial charge on any atom is -0.400 e. The van der Waals surface area contributed by atoms with Gasteiger partial charge in [-0.15, -0.1) is 11.3 Å². The van der Waals surface area contributed by atoms with Crippen LogP contribution >= 0.6 is 11.3 Å². The zero-order valence-corrected chi connectivity index (χ0v) is 15.4. The molecule has 1 aromatic carbocycles. The van der Waals surface area contributed by atoms with Gasteiger partial charge in [-0.1, -0.05) is 30.3 Å². The Labute approximate surface area is 148 Å². The Hall–Kier alpha value is -1.40. The van der Waals surface area contributed by atoms with Crippen molar-refractivity contribution in [3.8, 4) is 10.4 Å². The zero-order chi connectivity index (χ0) is 17.4. The standard InChI is InChI=1S/C19H23BO3S/c1-18(2)19(3,4)23-20(22-18)15(13-21)12-16-10-11-17(24-16)14-8-6-5-7-9-14/h5-12,21H,13H2,1-4H3. The van der Waals surface area contributed by atoms with Gasteiger partial charge < -0.3 is 14.4 Å². The first kappa shape index (κ1) is 17.4. The summed E-state index contributed by atoms with van der Waals surface area (Å²) in [5, 5.41) is 9.79. The van der Waals surface area contributed by atoms with E-state index < -0.39 is 18.3 Å². The van der Waals surface area contributed by atoms with Crippen molar-refractivity contribution < 1.29 is 14.4 Å². The monoisotopic (exact) mass is 342 g/mol. The molecule has 5 heteroatoms. The third-order valence-corrected chi connectivity index (χ3v) is 5.83. The molecule has 0 atom stereocenters. The van der Waals surface area contributed by atoms with Crippen LogP contribution in [0.4, 0.5) is 0 Å². The normalized spacial score (nSPS) is 19.7. The molecule has 0 bridgehead atoms. The van der Waals surface area contributed by atoms with Gasteiger partial charge in [-0.25, -0.2) is 0 Å². The highest BCUT2D eigenvalue weighted by Gasteiger charge is 2.52. The van der Waals surface area contributed by atoms with Crippen LogP contribution in [0.2, 0.25) is 0 Å². The van der Waals surface area contributed by atoms with E-state index in [2.05, 4.69) is 24.3 Å². The first-order valence-corrected chi connectivity index (χ1v) is 8.96. The van der Waals surface area contributed by atoms with Crippen molar-refractivity contribution in [2.45, 2.75) is 38.9 Å². The minimum atomic E-state index is -0.512. The van der Waals surface area contributed by atoms with Crippen LogP contribution in [-0.4, -0.2) is 30.0 Å². The first-order valence-electron chi connectivity index (χ1n) is 8.15. The molecule has 3 rings (SSSR count). The molecule has 1 saturated heterocycles. The molecule has 0 aliphatic carbocycles. The predicted octanol–water partition coefficient (Wildman–Crippen LogP) is 4.42. The highest BCUT2D eigenvalue weighted by Crippen LogP contribution is 2.39. The van der Waals surface area contributed by atoms with E-state index in [0.29, 0.717) is 0 Å². The maximum absolute atomic E-state index is 9.79. The van der Waals surface area contributed by atoms with Gasteiger partial charge in [0.2, 0.25) is 0 Å². The molecule has 1 fully saturated rings. The second-order valence-corrected chi connectivity index (χ2v) is 8.15. The fourth-order valence-electron chi connectivity index (χ4n) is 2.55. The van der Waals surface area contributed by atoms with Gasteiger partial charge in [0.05, 0.1) is 17.8 Å². The minimum absolute atomic E-state index is 0.0879. The summed E-state index contributed by atoms with van der Waals surface area (Å²) in [6.45, 7) is 7.97. The molecule has 1 aromatic heterocycles. The molecule has 126 valence electrons. The molecular weight excluding hydrogens is 319 g/mol. The fourth-order valence-corrected chi connectivity index (χ4v) is 3.54. The second-order valence-electron chi connectivity index (χ2n) is 7.03. The van der Waals surface area contributed by atoms with Gasteiger partial charge in [0, 0.05) is 9.75 Å². The van der Waals surface area contributed by atoms with Crippen molar-refractivity contribution in [2.75, 3.05) is 6.61 Å². The molecule has 0 spiro atoms. The van der Waals surface area contributed by atoms with E-state index in [4.69, 9.17) is 9.31 Å². The molecule has 24 heavy (non-hydrogen) atoms. The average Bonchev–Trinajstić information content (AvgIpc) is 3.08. The number of hydrogen-bond donors (Lipinski definition) is 1. The zero-order valence-electron chi connectivity index (χ0n) is 14.6. The van der Waals surface area contributed by atoms with Gasteiger partial charge in [0.1, 0.15) is 0 Å². The molecule has 3 nitrogen and oxygen atoms in total. The summed E-state index contributed by atoms with van der Waals surface area (Å²) in [7, 11) is -0.512. The number of aliphatic hydroxyl groups is 1. The van der Waals surface area contributed by atoms with Crippen molar-refractivity contribution in [2.24, 2.45) is 0 Å². The Bertz CT molecular complexity index is 718. The summed E-state index contributed by atoms with van der Waals surface area (Å²) in [6, 6.07) is 14.4. The van der Waals surface area contributed by atoms with E-state index in [-0.39, 0.29) is 6.61 Å². The quantitative estimate of drug-likeness (QED) is 0.836. The van der Waals surface area contributed by atoms with Crippen molar-refractivity contribution in [3.63, 3.8) is 0 Å².